The smallest absolute Gasteiger partial charge is 0.352 e. The maximum absolute atomic E-state index is 14.3. The van der Waals surface area contributed by atoms with Crippen molar-refractivity contribution in [3.63, 3.8) is 0 Å². The molecule has 7 nitrogen and oxygen atoms in total. The van der Waals surface area contributed by atoms with Crippen LogP contribution in [0.3, 0.4) is 0 Å². The second-order valence-electron chi connectivity index (χ2n) is 11.1. The Hall–Kier alpha value is -2.99. The second-order valence-corrected chi connectivity index (χ2v) is 14.2. The summed E-state index contributed by atoms with van der Waals surface area (Å²) in [6, 6.07) is 11.8. The number of nitrogens with one attached hydrogen (secondary N) is 1. The largest absolute Gasteiger partial charge is 0.417 e. The van der Waals surface area contributed by atoms with E-state index < -0.39 is 56.9 Å². The first kappa shape index (κ1) is 35.9. The van der Waals surface area contributed by atoms with Crippen molar-refractivity contribution < 1.29 is 31.2 Å². The van der Waals surface area contributed by atoms with Crippen molar-refractivity contribution in [2.45, 2.75) is 75.7 Å². The third kappa shape index (κ3) is 8.29. The fraction of sp³-hybridized carbons (Fsp3) is 0.375. The molecule has 248 valence electrons. The summed E-state index contributed by atoms with van der Waals surface area (Å²) >= 11 is 18.7. The Labute approximate surface area is 281 Å². The lowest BCUT2D eigenvalue weighted by Crippen LogP contribution is -2.53. The monoisotopic (exact) mass is 717 g/mol. The molecule has 1 atom stereocenters. The molecule has 0 heterocycles. The number of carbonyl (C=O) groups is 2. The molecule has 3 aromatic rings. The van der Waals surface area contributed by atoms with Gasteiger partial charge < -0.3 is 10.2 Å². The highest BCUT2D eigenvalue weighted by Gasteiger charge is 2.38. The molecule has 0 spiro atoms. The van der Waals surface area contributed by atoms with E-state index in [-0.39, 0.29) is 33.9 Å². The number of benzene rings is 3. The summed E-state index contributed by atoms with van der Waals surface area (Å²) < 4.78 is 70.3. The molecule has 1 N–H and O–H groups in total. The number of rotatable bonds is 11. The molecule has 0 bridgehead atoms. The first-order valence-electron chi connectivity index (χ1n) is 14.6. The minimum Gasteiger partial charge on any atom is -0.352 e. The maximum Gasteiger partial charge on any atom is 0.417 e. The van der Waals surface area contributed by atoms with Gasteiger partial charge in [-0.15, -0.1) is 0 Å². The van der Waals surface area contributed by atoms with E-state index in [4.69, 9.17) is 34.8 Å². The van der Waals surface area contributed by atoms with E-state index >= 15 is 0 Å². The van der Waals surface area contributed by atoms with Crippen LogP contribution >= 0.6 is 34.8 Å². The molecule has 0 saturated heterocycles. The number of halogens is 6. The van der Waals surface area contributed by atoms with Crippen molar-refractivity contribution in [2.24, 2.45) is 0 Å². The van der Waals surface area contributed by atoms with E-state index in [2.05, 4.69) is 5.32 Å². The maximum atomic E-state index is 14.3. The summed E-state index contributed by atoms with van der Waals surface area (Å²) in [6.45, 7) is 2.24. The highest BCUT2D eigenvalue weighted by atomic mass is 35.5. The van der Waals surface area contributed by atoms with Crippen LogP contribution < -0.4 is 9.62 Å². The number of hydrogen-bond donors (Lipinski definition) is 1. The Bertz CT molecular complexity index is 1660. The van der Waals surface area contributed by atoms with E-state index in [1.54, 1.807) is 32.0 Å². The van der Waals surface area contributed by atoms with Crippen LogP contribution in [0, 0.1) is 6.92 Å². The number of sulfonamides is 1. The molecule has 1 aliphatic rings. The summed E-state index contributed by atoms with van der Waals surface area (Å²) in [4.78, 5) is 28.8. The van der Waals surface area contributed by atoms with Crippen LogP contribution in [-0.4, -0.2) is 43.8 Å². The molecule has 1 fully saturated rings. The fourth-order valence-corrected chi connectivity index (χ4v) is 7.54. The van der Waals surface area contributed by atoms with Gasteiger partial charge in [0.1, 0.15) is 12.6 Å². The molecule has 0 aliphatic heterocycles. The van der Waals surface area contributed by atoms with Crippen LogP contribution in [0.4, 0.5) is 18.9 Å². The quantitative estimate of drug-likeness (QED) is 0.218. The highest BCUT2D eigenvalue weighted by molar-refractivity contribution is 7.92. The molecule has 2 amide bonds. The lowest BCUT2D eigenvalue weighted by molar-refractivity contribution is -0.140. The zero-order chi connectivity index (χ0) is 33.8. The van der Waals surface area contributed by atoms with E-state index in [1.807, 2.05) is 0 Å². The number of aryl methyl sites for hydroxylation is 1. The Morgan fingerprint density at radius 2 is 1.57 bits per heavy atom. The standard InChI is InChI=1S/C32H33Cl3F3N3O4S/c1-3-29(31(43)39-21-7-4-5-8-21)40(18-24-26(33)9-6-10-27(24)34)30(42)19-41(46(44,45)23-14-11-20(2)12-15-23)22-13-16-28(35)25(17-22)32(36,37)38/h6,9-17,21,29H,3-5,7-8,18-19H2,1-2H3,(H,39,43). The molecular formula is C32H33Cl3F3N3O4S. The first-order chi connectivity index (χ1) is 21.6. The fourth-order valence-electron chi connectivity index (χ4n) is 5.39. The van der Waals surface area contributed by atoms with Gasteiger partial charge in [-0.3, -0.25) is 13.9 Å². The number of carbonyl (C=O) groups excluding carboxylic acids is 2. The minimum absolute atomic E-state index is 0.0735. The lowest BCUT2D eigenvalue weighted by atomic mass is 10.1. The molecule has 0 aromatic heterocycles. The van der Waals surface area contributed by atoms with Crippen molar-refractivity contribution in [2.75, 3.05) is 10.8 Å². The summed E-state index contributed by atoms with van der Waals surface area (Å²) in [5, 5.41) is 2.78. The molecule has 3 aromatic carbocycles. The van der Waals surface area contributed by atoms with Crippen molar-refractivity contribution in [1.29, 1.82) is 0 Å². The lowest BCUT2D eigenvalue weighted by Gasteiger charge is -2.34. The Balaban J connectivity index is 1.81. The summed E-state index contributed by atoms with van der Waals surface area (Å²) in [6.07, 6.45) is -1.29. The first-order valence-corrected chi connectivity index (χ1v) is 17.2. The van der Waals surface area contributed by atoms with Gasteiger partial charge in [-0.2, -0.15) is 13.2 Å². The van der Waals surface area contributed by atoms with Gasteiger partial charge in [-0.05, 0) is 68.7 Å². The Morgan fingerprint density at radius 1 is 0.957 bits per heavy atom. The zero-order valence-electron chi connectivity index (χ0n) is 25.1. The van der Waals surface area contributed by atoms with Gasteiger partial charge in [0.25, 0.3) is 10.0 Å². The molecule has 14 heteroatoms. The van der Waals surface area contributed by atoms with Crippen LogP contribution in [0.25, 0.3) is 0 Å². The number of nitrogens with zero attached hydrogens (tertiary/aromatic N) is 2. The molecule has 0 radical (unpaired) electrons. The molecule has 1 unspecified atom stereocenters. The summed E-state index contributed by atoms with van der Waals surface area (Å²) in [7, 11) is -4.61. The topological polar surface area (TPSA) is 86.8 Å². The molecule has 1 saturated carbocycles. The summed E-state index contributed by atoms with van der Waals surface area (Å²) in [5.74, 6) is -1.30. The van der Waals surface area contributed by atoms with E-state index in [9.17, 15) is 31.2 Å². The van der Waals surface area contributed by atoms with Crippen LogP contribution in [0.5, 0.6) is 0 Å². The van der Waals surface area contributed by atoms with Gasteiger partial charge in [0.15, 0.2) is 0 Å². The molecule has 1 aliphatic carbocycles. The average Bonchev–Trinajstić information content (AvgIpc) is 3.50. The third-order valence-electron chi connectivity index (χ3n) is 7.91. The van der Waals surface area contributed by atoms with Crippen molar-refractivity contribution in [3.05, 3.63) is 92.4 Å². The number of alkyl halides is 3. The summed E-state index contributed by atoms with van der Waals surface area (Å²) in [5.41, 5.74) is -0.644. The van der Waals surface area contributed by atoms with Crippen molar-refractivity contribution >= 4 is 62.3 Å². The Morgan fingerprint density at radius 3 is 2.13 bits per heavy atom. The van der Waals surface area contributed by atoms with Gasteiger partial charge in [0.2, 0.25) is 11.8 Å². The highest BCUT2D eigenvalue weighted by Crippen LogP contribution is 2.38. The second kappa shape index (κ2) is 14.8. The number of anilines is 1. The third-order valence-corrected chi connectivity index (χ3v) is 10.7. The predicted octanol–water partition coefficient (Wildman–Crippen LogP) is 8.04. The van der Waals surface area contributed by atoms with Crippen LogP contribution in [0.15, 0.2) is 65.6 Å². The average molecular weight is 719 g/mol. The van der Waals surface area contributed by atoms with E-state index in [1.165, 1.54) is 29.2 Å². The minimum atomic E-state index is -4.91. The Kier molecular flexibility index (Phi) is 11.6. The number of hydrogen-bond acceptors (Lipinski definition) is 4. The predicted molar refractivity (Wildman–Crippen MR) is 174 cm³/mol. The van der Waals surface area contributed by atoms with Gasteiger partial charge >= 0.3 is 6.18 Å². The molecular weight excluding hydrogens is 686 g/mol. The van der Waals surface area contributed by atoms with Crippen molar-refractivity contribution in [1.82, 2.24) is 10.2 Å². The zero-order valence-corrected chi connectivity index (χ0v) is 28.2. The van der Waals surface area contributed by atoms with Gasteiger partial charge in [0, 0.05) is 28.2 Å². The van der Waals surface area contributed by atoms with Crippen molar-refractivity contribution in [3.8, 4) is 0 Å². The normalized spacial score (nSPS) is 14.6. The van der Waals surface area contributed by atoms with Gasteiger partial charge in [-0.1, -0.05) is 78.3 Å². The van der Waals surface area contributed by atoms with E-state index in [0.29, 0.717) is 15.9 Å². The SMILES string of the molecule is CCC(C(=O)NC1CCCC1)N(Cc1c(Cl)cccc1Cl)C(=O)CN(c1ccc(Cl)c(C(F)(F)F)c1)S(=O)(=O)c1ccc(C)cc1. The van der Waals surface area contributed by atoms with Crippen LogP contribution in [0.1, 0.15) is 55.7 Å². The van der Waals surface area contributed by atoms with Crippen LogP contribution in [0.2, 0.25) is 15.1 Å². The van der Waals surface area contributed by atoms with E-state index in [0.717, 1.165) is 43.4 Å². The molecule has 46 heavy (non-hydrogen) atoms. The molecule has 4 rings (SSSR count). The van der Waals surface area contributed by atoms with Crippen LogP contribution in [-0.2, 0) is 32.3 Å². The van der Waals surface area contributed by atoms with Gasteiger partial charge in [0.05, 0.1) is 21.2 Å². The van der Waals surface area contributed by atoms with Gasteiger partial charge in [-0.25, -0.2) is 8.42 Å². The number of amides is 2.